The molecule has 34 heavy (non-hydrogen) atoms. The minimum Gasteiger partial charge on any atom is -0.382 e. The van der Waals surface area contributed by atoms with E-state index in [9.17, 15) is 9.18 Å². The number of aromatic nitrogens is 5. The molecule has 0 bridgehead atoms. The topological polar surface area (TPSA) is 115 Å². The van der Waals surface area contributed by atoms with Crippen LogP contribution in [0.4, 0.5) is 26.4 Å². The predicted octanol–water partition coefficient (Wildman–Crippen LogP) is 4.31. The van der Waals surface area contributed by atoms with E-state index in [0.717, 1.165) is 16.7 Å². The van der Waals surface area contributed by atoms with Gasteiger partial charge in [-0.3, -0.25) is 0 Å². The normalized spacial score (nSPS) is 11.0. The van der Waals surface area contributed by atoms with Crippen LogP contribution in [-0.2, 0) is 6.54 Å². The molecule has 3 aromatic heterocycles. The van der Waals surface area contributed by atoms with Crippen LogP contribution >= 0.6 is 0 Å². The number of hydrogen-bond donors (Lipinski definition) is 3. The summed E-state index contributed by atoms with van der Waals surface area (Å²) >= 11 is 0. The highest BCUT2D eigenvalue weighted by atomic mass is 19.1. The Bertz CT molecular complexity index is 1460. The SMILES string of the molecule is Cc1cc(F)cc(NC(=O)Nc2ccc(-c3c(Cn4ccnc4)cn4ncnc(N)c34)cc2)c1. The van der Waals surface area contributed by atoms with Crippen molar-refractivity contribution in [3.63, 3.8) is 0 Å². The van der Waals surface area contributed by atoms with Crippen molar-refractivity contribution in [1.29, 1.82) is 0 Å². The number of nitrogen functional groups attached to an aromatic ring is 1. The van der Waals surface area contributed by atoms with Gasteiger partial charge in [0.15, 0.2) is 5.82 Å². The van der Waals surface area contributed by atoms with Gasteiger partial charge < -0.3 is 20.9 Å². The molecule has 4 N–H and O–H groups in total. The van der Waals surface area contributed by atoms with Crippen molar-refractivity contribution in [3.05, 3.63) is 90.7 Å². The maximum Gasteiger partial charge on any atom is 0.323 e. The minimum atomic E-state index is -0.467. The van der Waals surface area contributed by atoms with Crippen LogP contribution in [0.25, 0.3) is 16.6 Å². The van der Waals surface area contributed by atoms with Crippen LogP contribution in [-0.4, -0.2) is 30.2 Å². The Hall–Kier alpha value is -4.73. The van der Waals surface area contributed by atoms with Crippen LogP contribution < -0.4 is 16.4 Å². The van der Waals surface area contributed by atoms with Gasteiger partial charge in [-0.25, -0.2) is 23.7 Å². The third-order valence-electron chi connectivity index (χ3n) is 5.32. The van der Waals surface area contributed by atoms with Crippen molar-refractivity contribution < 1.29 is 9.18 Å². The van der Waals surface area contributed by atoms with Crippen LogP contribution in [0.2, 0.25) is 0 Å². The summed E-state index contributed by atoms with van der Waals surface area (Å²) in [5.41, 5.74) is 11.4. The molecule has 0 radical (unpaired) electrons. The molecule has 5 aromatic rings. The molecule has 0 aliphatic heterocycles. The summed E-state index contributed by atoms with van der Waals surface area (Å²) in [6, 6.07) is 11.2. The number of carbonyl (C=O) groups excluding carboxylic acids is 1. The number of nitrogens with two attached hydrogens (primary N) is 1. The molecule has 0 spiro atoms. The van der Waals surface area contributed by atoms with Crippen LogP contribution in [0, 0.1) is 12.7 Å². The molecule has 0 atom stereocenters. The molecule has 0 fully saturated rings. The third kappa shape index (κ3) is 4.29. The molecule has 170 valence electrons. The predicted molar refractivity (Wildman–Crippen MR) is 128 cm³/mol. The van der Waals surface area contributed by atoms with E-state index in [1.807, 2.05) is 29.1 Å². The van der Waals surface area contributed by atoms with E-state index in [0.29, 0.717) is 34.8 Å². The lowest BCUT2D eigenvalue weighted by Crippen LogP contribution is -2.19. The second kappa shape index (κ2) is 8.66. The summed E-state index contributed by atoms with van der Waals surface area (Å²) in [4.78, 5) is 20.6. The number of amides is 2. The highest BCUT2D eigenvalue weighted by Gasteiger charge is 2.17. The van der Waals surface area contributed by atoms with Gasteiger partial charge >= 0.3 is 6.03 Å². The monoisotopic (exact) mass is 456 g/mol. The van der Waals surface area contributed by atoms with Crippen LogP contribution in [0.15, 0.2) is 73.7 Å². The molecule has 0 unspecified atom stereocenters. The fourth-order valence-electron chi connectivity index (χ4n) is 3.93. The molecule has 0 saturated carbocycles. The van der Waals surface area contributed by atoms with Gasteiger partial charge in [-0.05, 0) is 48.4 Å². The number of hydrogen-bond acceptors (Lipinski definition) is 5. The quantitative estimate of drug-likeness (QED) is 0.364. The Morgan fingerprint density at radius 3 is 2.65 bits per heavy atom. The van der Waals surface area contributed by atoms with Crippen molar-refractivity contribution in [2.75, 3.05) is 16.4 Å². The molecular formula is C24H21FN8O. The van der Waals surface area contributed by atoms with Crippen molar-refractivity contribution in [3.8, 4) is 11.1 Å². The fourth-order valence-corrected chi connectivity index (χ4v) is 3.93. The van der Waals surface area contributed by atoms with Crippen molar-refractivity contribution in [2.24, 2.45) is 0 Å². The zero-order chi connectivity index (χ0) is 23.7. The standard InChI is InChI=1S/C24H21FN8O/c1-15-8-18(25)10-20(9-15)31-24(34)30-19-4-2-16(3-5-19)21-17(11-32-7-6-27-14-32)12-33-22(21)23(26)28-13-29-33/h2-10,12-14H,11H2,1H3,(H2,26,28,29)(H2,30,31,34). The zero-order valence-electron chi connectivity index (χ0n) is 18.2. The number of imidazole rings is 1. The highest BCUT2D eigenvalue weighted by Crippen LogP contribution is 2.33. The zero-order valence-corrected chi connectivity index (χ0v) is 18.2. The summed E-state index contributed by atoms with van der Waals surface area (Å²) in [6.45, 7) is 2.34. The lowest BCUT2D eigenvalue weighted by molar-refractivity contribution is 0.262. The van der Waals surface area contributed by atoms with Gasteiger partial charge in [-0.2, -0.15) is 5.10 Å². The van der Waals surface area contributed by atoms with Gasteiger partial charge in [-0.15, -0.1) is 0 Å². The number of carbonyl (C=O) groups is 1. The Kier molecular flexibility index (Phi) is 5.38. The summed E-state index contributed by atoms with van der Waals surface area (Å²) < 4.78 is 17.2. The molecule has 0 aliphatic rings. The van der Waals surface area contributed by atoms with Crippen LogP contribution in [0.1, 0.15) is 11.1 Å². The van der Waals surface area contributed by atoms with E-state index < -0.39 is 11.8 Å². The average Bonchev–Trinajstić information content (AvgIpc) is 3.42. The molecule has 9 nitrogen and oxygen atoms in total. The first-order valence-corrected chi connectivity index (χ1v) is 10.5. The Balaban J connectivity index is 1.41. The van der Waals surface area contributed by atoms with Gasteiger partial charge in [0.05, 0.1) is 12.9 Å². The molecule has 3 heterocycles. The summed E-state index contributed by atoms with van der Waals surface area (Å²) in [5.74, 6) is -0.0388. The summed E-state index contributed by atoms with van der Waals surface area (Å²) in [7, 11) is 0. The first kappa shape index (κ1) is 21.1. The molecular weight excluding hydrogens is 435 g/mol. The van der Waals surface area contributed by atoms with Crippen LogP contribution in [0.5, 0.6) is 0 Å². The number of fused-ring (bicyclic) bond motifs is 1. The number of rotatable bonds is 5. The Morgan fingerprint density at radius 1 is 1.12 bits per heavy atom. The number of anilines is 3. The van der Waals surface area contributed by atoms with E-state index in [4.69, 9.17) is 5.73 Å². The molecule has 5 rings (SSSR count). The Morgan fingerprint density at radius 2 is 1.91 bits per heavy atom. The second-order valence-corrected chi connectivity index (χ2v) is 7.88. The largest absolute Gasteiger partial charge is 0.382 e. The highest BCUT2D eigenvalue weighted by molar-refractivity contribution is 6.00. The van der Waals surface area contributed by atoms with Gasteiger partial charge in [0.1, 0.15) is 17.7 Å². The first-order chi connectivity index (χ1) is 16.5. The fraction of sp³-hybridized carbons (Fsp3) is 0.0833. The van der Waals surface area contributed by atoms with Gasteiger partial charge in [0.2, 0.25) is 0 Å². The number of nitrogens with zero attached hydrogens (tertiary/aromatic N) is 5. The summed E-state index contributed by atoms with van der Waals surface area (Å²) in [5, 5.41) is 9.70. The van der Waals surface area contributed by atoms with E-state index in [-0.39, 0.29) is 0 Å². The van der Waals surface area contributed by atoms with Gasteiger partial charge in [0.25, 0.3) is 0 Å². The summed E-state index contributed by atoms with van der Waals surface area (Å²) in [6.07, 6.45) is 8.68. The number of benzene rings is 2. The first-order valence-electron chi connectivity index (χ1n) is 10.5. The lowest BCUT2D eigenvalue weighted by Gasteiger charge is -2.10. The van der Waals surface area contributed by atoms with E-state index >= 15 is 0 Å². The molecule has 2 amide bonds. The number of nitrogens with one attached hydrogen (secondary N) is 2. The average molecular weight is 456 g/mol. The van der Waals surface area contributed by atoms with Crippen LogP contribution in [0.3, 0.4) is 0 Å². The van der Waals surface area contributed by atoms with Crippen molar-refractivity contribution in [1.82, 2.24) is 24.1 Å². The van der Waals surface area contributed by atoms with Crippen molar-refractivity contribution in [2.45, 2.75) is 13.5 Å². The second-order valence-electron chi connectivity index (χ2n) is 7.88. The number of urea groups is 1. The minimum absolute atomic E-state index is 0.369. The third-order valence-corrected chi connectivity index (χ3v) is 5.32. The van der Waals surface area contributed by atoms with E-state index in [2.05, 4.69) is 25.7 Å². The smallest absolute Gasteiger partial charge is 0.323 e. The van der Waals surface area contributed by atoms with Crippen molar-refractivity contribution >= 4 is 28.7 Å². The molecule has 10 heteroatoms. The maximum atomic E-state index is 13.6. The molecule has 0 saturated heterocycles. The lowest BCUT2D eigenvalue weighted by atomic mass is 10.0. The van der Waals surface area contributed by atoms with E-state index in [1.54, 1.807) is 42.2 Å². The van der Waals surface area contributed by atoms with Gasteiger partial charge in [-0.1, -0.05) is 12.1 Å². The molecule has 0 aliphatic carbocycles. The maximum absolute atomic E-state index is 13.6. The van der Waals surface area contributed by atoms with Gasteiger partial charge in [0, 0.05) is 41.1 Å². The molecule has 2 aromatic carbocycles. The number of halogens is 1. The Labute approximate surface area is 194 Å². The number of aryl methyl sites for hydroxylation is 1. The van der Waals surface area contributed by atoms with E-state index in [1.165, 1.54) is 18.5 Å².